The summed E-state index contributed by atoms with van der Waals surface area (Å²) in [6, 6.07) is 5.72. The molecule has 0 spiro atoms. The summed E-state index contributed by atoms with van der Waals surface area (Å²) in [4.78, 5) is 48.9. The molecule has 26 heavy (non-hydrogen) atoms. The summed E-state index contributed by atoms with van der Waals surface area (Å²) in [5.41, 5.74) is 6.24. The molecule has 9 nitrogen and oxygen atoms in total. The number of hydrogen-bond donors (Lipinski definition) is 3. The van der Waals surface area contributed by atoms with Crippen LogP contribution in [0.25, 0.3) is 0 Å². The minimum absolute atomic E-state index is 0.225. The summed E-state index contributed by atoms with van der Waals surface area (Å²) in [6.45, 7) is 2.89. The summed E-state index contributed by atoms with van der Waals surface area (Å²) in [6.07, 6.45) is 0.622. The van der Waals surface area contributed by atoms with Crippen LogP contribution < -0.4 is 16.4 Å². The van der Waals surface area contributed by atoms with Gasteiger partial charge in [-0.25, -0.2) is 4.79 Å². The second-order valence-electron chi connectivity index (χ2n) is 5.84. The average molecular weight is 362 g/mol. The number of carbonyl (C=O) groups is 4. The highest BCUT2D eigenvalue weighted by Gasteiger charge is 2.26. The van der Waals surface area contributed by atoms with E-state index in [1.165, 1.54) is 24.3 Å². The van der Waals surface area contributed by atoms with Gasteiger partial charge in [-0.3, -0.25) is 19.7 Å². The molecule has 0 aromatic heterocycles. The number of amides is 4. The summed E-state index contributed by atoms with van der Waals surface area (Å²) in [5, 5.41) is 4.61. The number of nitrogens with two attached hydrogens (primary N) is 1. The second kappa shape index (κ2) is 8.84. The van der Waals surface area contributed by atoms with E-state index in [-0.39, 0.29) is 17.7 Å². The van der Waals surface area contributed by atoms with Crippen molar-refractivity contribution < 1.29 is 23.9 Å². The van der Waals surface area contributed by atoms with E-state index in [4.69, 9.17) is 10.5 Å². The van der Waals surface area contributed by atoms with Crippen LogP contribution in [0.2, 0.25) is 0 Å². The first-order chi connectivity index (χ1) is 12.4. The molecule has 0 saturated carbocycles. The van der Waals surface area contributed by atoms with Gasteiger partial charge in [-0.15, -0.1) is 0 Å². The van der Waals surface area contributed by atoms with Gasteiger partial charge in [0.15, 0.2) is 0 Å². The molecule has 2 rings (SSSR count). The van der Waals surface area contributed by atoms with Crippen molar-refractivity contribution in [3.8, 4) is 0 Å². The molecule has 0 radical (unpaired) electrons. The third-order valence-electron chi connectivity index (χ3n) is 3.96. The number of nitrogens with one attached hydrogen (secondary N) is 2. The van der Waals surface area contributed by atoms with Gasteiger partial charge < -0.3 is 20.7 Å². The predicted molar refractivity (Wildman–Crippen MR) is 93.1 cm³/mol. The van der Waals surface area contributed by atoms with Gasteiger partial charge in [-0.05, 0) is 44.0 Å². The van der Waals surface area contributed by atoms with E-state index >= 15 is 0 Å². The topological polar surface area (TPSA) is 131 Å². The fourth-order valence-corrected chi connectivity index (χ4v) is 2.54. The highest BCUT2D eigenvalue weighted by molar-refractivity contribution is 6.38. The van der Waals surface area contributed by atoms with Crippen molar-refractivity contribution in [3.63, 3.8) is 0 Å². The Morgan fingerprint density at radius 1 is 1.12 bits per heavy atom. The zero-order valence-electron chi connectivity index (χ0n) is 14.5. The molecule has 4 amide bonds. The van der Waals surface area contributed by atoms with Crippen LogP contribution in [0.1, 0.15) is 30.1 Å². The highest BCUT2D eigenvalue weighted by Crippen LogP contribution is 2.11. The van der Waals surface area contributed by atoms with E-state index in [2.05, 4.69) is 5.32 Å². The van der Waals surface area contributed by atoms with Gasteiger partial charge in [0.2, 0.25) is 0 Å². The third-order valence-corrected chi connectivity index (χ3v) is 3.96. The summed E-state index contributed by atoms with van der Waals surface area (Å²) in [5.74, 6) is -2.59. The van der Waals surface area contributed by atoms with E-state index in [9.17, 15) is 19.2 Å². The third kappa shape index (κ3) is 5.20. The van der Waals surface area contributed by atoms with Crippen molar-refractivity contribution in [2.24, 2.45) is 0 Å². The first-order valence-electron chi connectivity index (χ1n) is 8.34. The SMILES string of the molecule is CCOC(=O)N1CCC(NC(=O)C(=O)NC(=O)c2ccc(N)cc2)CC1. The Bertz CT molecular complexity index is 681. The van der Waals surface area contributed by atoms with E-state index in [0.717, 1.165) is 0 Å². The lowest BCUT2D eigenvalue weighted by atomic mass is 10.1. The van der Waals surface area contributed by atoms with Gasteiger partial charge in [-0.1, -0.05) is 0 Å². The molecular weight excluding hydrogens is 340 g/mol. The van der Waals surface area contributed by atoms with Crippen LogP contribution in [0.4, 0.5) is 10.5 Å². The van der Waals surface area contributed by atoms with E-state index in [1.54, 1.807) is 11.8 Å². The first-order valence-corrected chi connectivity index (χ1v) is 8.34. The first kappa shape index (κ1) is 19.2. The van der Waals surface area contributed by atoms with E-state index in [0.29, 0.717) is 38.2 Å². The predicted octanol–water partition coefficient (Wildman–Crippen LogP) is 0.262. The summed E-state index contributed by atoms with van der Waals surface area (Å²) in [7, 11) is 0. The largest absolute Gasteiger partial charge is 0.450 e. The van der Waals surface area contributed by atoms with Gasteiger partial charge >= 0.3 is 17.9 Å². The minimum atomic E-state index is -1.03. The van der Waals surface area contributed by atoms with E-state index in [1.807, 2.05) is 5.32 Å². The molecule has 4 N–H and O–H groups in total. The van der Waals surface area contributed by atoms with Crippen molar-refractivity contribution in [1.29, 1.82) is 0 Å². The fourth-order valence-electron chi connectivity index (χ4n) is 2.54. The van der Waals surface area contributed by atoms with Crippen LogP contribution in [-0.2, 0) is 14.3 Å². The van der Waals surface area contributed by atoms with E-state index < -0.39 is 17.7 Å². The zero-order valence-corrected chi connectivity index (χ0v) is 14.5. The number of piperidine rings is 1. The standard InChI is InChI=1S/C17H22N4O5/c1-2-26-17(25)21-9-7-13(8-10-21)19-15(23)16(24)20-14(22)11-3-5-12(18)6-4-11/h3-6,13H,2,7-10,18H2,1H3,(H,19,23)(H,20,22,24). The molecule has 9 heteroatoms. The second-order valence-corrected chi connectivity index (χ2v) is 5.84. The smallest absolute Gasteiger partial charge is 0.409 e. The lowest BCUT2D eigenvalue weighted by molar-refractivity contribution is -0.139. The molecule has 1 aromatic carbocycles. The number of benzene rings is 1. The van der Waals surface area contributed by atoms with Crippen molar-refractivity contribution in [2.45, 2.75) is 25.8 Å². The number of nitrogens with zero attached hydrogens (tertiary/aromatic N) is 1. The monoisotopic (exact) mass is 362 g/mol. The van der Waals surface area contributed by atoms with Gasteiger partial charge in [0, 0.05) is 30.4 Å². The number of rotatable bonds is 3. The molecule has 140 valence electrons. The van der Waals surface area contributed by atoms with Crippen molar-refractivity contribution in [2.75, 3.05) is 25.4 Å². The maximum atomic E-state index is 11.9. The zero-order chi connectivity index (χ0) is 19.1. The number of nitrogen functional groups attached to an aromatic ring is 1. The number of ether oxygens (including phenoxy) is 1. The van der Waals surface area contributed by atoms with Gasteiger partial charge in [0.05, 0.1) is 6.61 Å². The molecular formula is C17H22N4O5. The molecule has 1 fully saturated rings. The Labute approximate surface area is 150 Å². The number of likely N-dealkylation sites (tertiary alicyclic amines) is 1. The van der Waals surface area contributed by atoms with Crippen LogP contribution >= 0.6 is 0 Å². The van der Waals surface area contributed by atoms with Crippen LogP contribution in [0.15, 0.2) is 24.3 Å². The van der Waals surface area contributed by atoms with Crippen molar-refractivity contribution in [1.82, 2.24) is 15.5 Å². The Morgan fingerprint density at radius 2 is 1.73 bits per heavy atom. The van der Waals surface area contributed by atoms with Crippen LogP contribution in [0, 0.1) is 0 Å². The van der Waals surface area contributed by atoms with Crippen molar-refractivity contribution in [3.05, 3.63) is 29.8 Å². The fraction of sp³-hybridized carbons (Fsp3) is 0.412. The van der Waals surface area contributed by atoms with Gasteiger partial charge in [-0.2, -0.15) is 0 Å². The normalized spacial score (nSPS) is 14.4. The van der Waals surface area contributed by atoms with Crippen LogP contribution in [0.5, 0.6) is 0 Å². The van der Waals surface area contributed by atoms with Crippen LogP contribution in [0.3, 0.4) is 0 Å². The van der Waals surface area contributed by atoms with Gasteiger partial charge in [0.1, 0.15) is 0 Å². The lowest BCUT2D eigenvalue weighted by Crippen LogP contribution is -2.50. The maximum absolute atomic E-state index is 11.9. The molecule has 1 heterocycles. The molecule has 0 bridgehead atoms. The molecule has 1 aromatic rings. The molecule has 1 saturated heterocycles. The van der Waals surface area contributed by atoms with Gasteiger partial charge in [0.25, 0.3) is 5.91 Å². The molecule has 0 aliphatic carbocycles. The average Bonchev–Trinajstić information content (AvgIpc) is 2.63. The van der Waals surface area contributed by atoms with Crippen LogP contribution in [-0.4, -0.2) is 54.5 Å². The summed E-state index contributed by atoms with van der Waals surface area (Å²) < 4.78 is 4.92. The number of imide groups is 1. The Kier molecular flexibility index (Phi) is 6.54. The lowest BCUT2D eigenvalue weighted by Gasteiger charge is -2.31. The highest BCUT2D eigenvalue weighted by atomic mass is 16.6. The number of carbonyl (C=O) groups excluding carboxylic acids is 4. The maximum Gasteiger partial charge on any atom is 0.409 e. The molecule has 0 unspecified atom stereocenters. The quantitative estimate of drug-likeness (QED) is 0.522. The molecule has 1 aliphatic heterocycles. The number of anilines is 1. The molecule has 1 aliphatic rings. The minimum Gasteiger partial charge on any atom is -0.450 e. The van der Waals surface area contributed by atoms with Crippen molar-refractivity contribution >= 4 is 29.5 Å². The Balaban J connectivity index is 1.79. The summed E-state index contributed by atoms with van der Waals surface area (Å²) >= 11 is 0. The Hall–Kier alpha value is -3.10. The molecule has 0 atom stereocenters. The number of hydrogen-bond acceptors (Lipinski definition) is 6. The Morgan fingerprint density at radius 3 is 2.31 bits per heavy atom.